The molecular formula is C12H10N6O. The Kier molecular flexibility index (Phi) is 3.09. The van der Waals surface area contributed by atoms with Gasteiger partial charge in [0.05, 0.1) is 6.54 Å². The van der Waals surface area contributed by atoms with Crippen molar-refractivity contribution in [3.8, 4) is 11.4 Å². The Balaban J connectivity index is 1.69. The van der Waals surface area contributed by atoms with E-state index in [0.29, 0.717) is 24.1 Å². The van der Waals surface area contributed by atoms with Crippen LogP contribution in [0, 0.1) is 0 Å². The number of rotatable bonds is 4. The maximum Gasteiger partial charge on any atom is 0.246 e. The highest BCUT2D eigenvalue weighted by molar-refractivity contribution is 5.51. The van der Waals surface area contributed by atoms with Crippen molar-refractivity contribution in [3.05, 3.63) is 49.0 Å². The predicted octanol–water partition coefficient (Wildman–Crippen LogP) is 1.53. The van der Waals surface area contributed by atoms with Crippen LogP contribution in [0.5, 0.6) is 0 Å². The summed E-state index contributed by atoms with van der Waals surface area (Å²) in [5, 5.41) is 6.96. The van der Waals surface area contributed by atoms with E-state index >= 15 is 0 Å². The lowest BCUT2D eigenvalue weighted by atomic mass is 10.3. The van der Waals surface area contributed by atoms with Crippen LogP contribution in [0.2, 0.25) is 0 Å². The number of hydrogen-bond donors (Lipinski definition) is 1. The first-order chi connectivity index (χ1) is 9.42. The monoisotopic (exact) mass is 254 g/mol. The van der Waals surface area contributed by atoms with E-state index in [-0.39, 0.29) is 0 Å². The minimum atomic E-state index is 0.407. The second kappa shape index (κ2) is 5.21. The summed E-state index contributed by atoms with van der Waals surface area (Å²) in [7, 11) is 0. The van der Waals surface area contributed by atoms with Gasteiger partial charge in [0.15, 0.2) is 0 Å². The molecule has 19 heavy (non-hydrogen) atoms. The van der Waals surface area contributed by atoms with Crippen LogP contribution in [-0.4, -0.2) is 25.1 Å². The van der Waals surface area contributed by atoms with Gasteiger partial charge in [-0.05, 0) is 18.2 Å². The largest absolute Gasteiger partial charge is 0.361 e. The van der Waals surface area contributed by atoms with E-state index in [1.54, 1.807) is 24.7 Å². The first kappa shape index (κ1) is 11.3. The lowest BCUT2D eigenvalue weighted by Crippen LogP contribution is -2.01. The van der Waals surface area contributed by atoms with E-state index in [2.05, 4.69) is 30.4 Å². The van der Waals surface area contributed by atoms with Crippen molar-refractivity contribution in [2.75, 3.05) is 5.32 Å². The number of anilines is 1. The van der Waals surface area contributed by atoms with Crippen molar-refractivity contribution in [2.24, 2.45) is 0 Å². The van der Waals surface area contributed by atoms with Gasteiger partial charge in [-0.3, -0.25) is 4.98 Å². The van der Waals surface area contributed by atoms with Crippen LogP contribution in [0.4, 0.5) is 5.82 Å². The lowest BCUT2D eigenvalue weighted by molar-refractivity contribution is 0.384. The summed E-state index contributed by atoms with van der Waals surface area (Å²) in [5.74, 6) is 1.71. The molecule has 0 aliphatic rings. The Morgan fingerprint density at radius 2 is 2.16 bits per heavy atom. The van der Waals surface area contributed by atoms with Gasteiger partial charge in [0.2, 0.25) is 11.7 Å². The third kappa shape index (κ3) is 2.71. The van der Waals surface area contributed by atoms with Crippen molar-refractivity contribution >= 4 is 5.82 Å². The van der Waals surface area contributed by atoms with Gasteiger partial charge in [0, 0.05) is 24.2 Å². The number of hydrogen-bond acceptors (Lipinski definition) is 7. The average molecular weight is 254 g/mol. The minimum absolute atomic E-state index is 0.407. The zero-order valence-corrected chi connectivity index (χ0v) is 9.89. The molecule has 0 unspecified atom stereocenters. The fourth-order valence-corrected chi connectivity index (χ4v) is 1.50. The molecule has 0 fully saturated rings. The number of nitrogens with one attached hydrogen (secondary N) is 1. The molecular weight excluding hydrogens is 244 g/mol. The van der Waals surface area contributed by atoms with Gasteiger partial charge in [-0.15, -0.1) is 0 Å². The second-order valence-electron chi connectivity index (χ2n) is 3.70. The molecule has 3 rings (SSSR count). The van der Waals surface area contributed by atoms with Gasteiger partial charge in [-0.25, -0.2) is 9.97 Å². The van der Waals surface area contributed by atoms with E-state index in [1.165, 1.54) is 6.33 Å². The standard InChI is InChI=1S/C12H10N6O/c1-2-9(6-13-4-1)12-17-11(19-18-12)7-15-10-3-5-14-8-16-10/h1-6,8H,7H2,(H,14,15,16). The molecule has 94 valence electrons. The molecule has 3 aromatic heterocycles. The molecule has 7 nitrogen and oxygen atoms in total. The summed E-state index contributed by atoms with van der Waals surface area (Å²) in [6, 6.07) is 5.46. The quantitative estimate of drug-likeness (QED) is 0.755. The van der Waals surface area contributed by atoms with E-state index in [1.807, 2.05) is 12.1 Å². The van der Waals surface area contributed by atoms with Gasteiger partial charge in [-0.1, -0.05) is 5.16 Å². The van der Waals surface area contributed by atoms with Gasteiger partial charge in [-0.2, -0.15) is 4.98 Å². The molecule has 0 atom stereocenters. The second-order valence-corrected chi connectivity index (χ2v) is 3.70. The van der Waals surface area contributed by atoms with Crippen LogP contribution < -0.4 is 5.32 Å². The van der Waals surface area contributed by atoms with Crippen LogP contribution in [0.1, 0.15) is 5.89 Å². The van der Waals surface area contributed by atoms with E-state index in [0.717, 1.165) is 5.56 Å². The summed E-state index contributed by atoms with van der Waals surface area (Å²) in [4.78, 5) is 16.2. The van der Waals surface area contributed by atoms with Crippen molar-refractivity contribution in [1.29, 1.82) is 0 Å². The smallest absolute Gasteiger partial charge is 0.246 e. The van der Waals surface area contributed by atoms with Crippen LogP contribution >= 0.6 is 0 Å². The Bertz CT molecular complexity index is 640. The molecule has 7 heteroatoms. The highest BCUT2D eigenvalue weighted by Crippen LogP contribution is 2.14. The van der Waals surface area contributed by atoms with Gasteiger partial charge >= 0.3 is 0 Å². The maximum atomic E-state index is 5.15. The molecule has 1 N–H and O–H groups in total. The molecule has 0 bridgehead atoms. The molecule has 0 saturated heterocycles. The van der Waals surface area contributed by atoms with Crippen LogP contribution in [0.15, 0.2) is 47.6 Å². The van der Waals surface area contributed by atoms with Crippen molar-refractivity contribution in [1.82, 2.24) is 25.1 Å². The summed E-state index contributed by atoms with van der Waals surface area (Å²) >= 11 is 0. The van der Waals surface area contributed by atoms with Crippen molar-refractivity contribution in [2.45, 2.75) is 6.54 Å². The van der Waals surface area contributed by atoms with Crippen LogP contribution in [0.3, 0.4) is 0 Å². The van der Waals surface area contributed by atoms with Gasteiger partial charge in [0.1, 0.15) is 12.1 Å². The van der Waals surface area contributed by atoms with Crippen molar-refractivity contribution in [3.63, 3.8) is 0 Å². The van der Waals surface area contributed by atoms with Crippen molar-refractivity contribution < 1.29 is 4.52 Å². The summed E-state index contributed by atoms with van der Waals surface area (Å²) in [6.07, 6.45) is 6.51. The van der Waals surface area contributed by atoms with Gasteiger partial charge < -0.3 is 9.84 Å². The third-order valence-corrected chi connectivity index (χ3v) is 2.39. The minimum Gasteiger partial charge on any atom is -0.361 e. The zero-order chi connectivity index (χ0) is 12.9. The zero-order valence-electron chi connectivity index (χ0n) is 9.89. The van der Waals surface area contributed by atoms with Gasteiger partial charge in [0.25, 0.3) is 0 Å². The Labute approximate surface area is 108 Å². The van der Waals surface area contributed by atoms with Crippen LogP contribution in [-0.2, 0) is 6.54 Å². The average Bonchev–Trinajstić information content (AvgIpc) is 2.96. The topological polar surface area (TPSA) is 89.6 Å². The molecule has 0 saturated carbocycles. The fraction of sp³-hybridized carbons (Fsp3) is 0.0833. The van der Waals surface area contributed by atoms with E-state index in [4.69, 9.17) is 4.52 Å². The maximum absolute atomic E-state index is 5.15. The molecule has 3 heterocycles. The Morgan fingerprint density at radius 1 is 1.16 bits per heavy atom. The summed E-state index contributed by atoms with van der Waals surface area (Å²) < 4.78 is 5.15. The fourth-order valence-electron chi connectivity index (χ4n) is 1.50. The SMILES string of the molecule is c1cncc(-c2noc(CNc3ccncn3)n2)c1. The van der Waals surface area contributed by atoms with E-state index < -0.39 is 0 Å². The molecule has 0 radical (unpaired) electrons. The molecule has 0 aliphatic heterocycles. The molecule has 0 amide bonds. The summed E-state index contributed by atoms with van der Waals surface area (Å²) in [6.45, 7) is 0.407. The molecule has 0 spiro atoms. The molecule has 3 aromatic rings. The predicted molar refractivity (Wildman–Crippen MR) is 66.9 cm³/mol. The third-order valence-electron chi connectivity index (χ3n) is 2.39. The molecule has 0 aromatic carbocycles. The Morgan fingerprint density at radius 3 is 2.95 bits per heavy atom. The Hall–Kier alpha value is -2.83. The first-order valence-corrected chi connectivity index (χ1v) is 5.65. The van der Waals surface area contributed by atoms with E-state index in [9.17, 15) is 0 Å². The number of pyridine rings is 1. The lowest BCUT2D eigenvalue weighted by Gasteiger charge is -1.99. The first-order valence-electron chi connectivity index (χ1n) is 5.65. The summed E-state index contributed by atoms with van der Waals surface area (Å²) in [5.41, 5.74) is 0.819. The number of nitrogens with zero attached hydrogens (tertiary/aromatic N) is 5. The highest BCUT2D eigenvalue weighted by atomic mass is 16.5. The van der Waals surface area contributed by atoms with Crippen LogP contribution in [0.25, 0.3) is 11.4 Å². The number of aromatic nitrogens is 5. The normalized spacial score (nSPS) is 10.3. The highest BCUT2D eigenvalue weighted by Gasteiger charge is 2.08. The molecule has 0 aliphatic carbocycles.